The van der Waals surface area contributed by atoms with Crippen molar-refractivity contribution in [1.82, 2.24) is 5.32 Å². The van der Waals surface area contributed by atoms with Gasteiger partial charge in [0.2, 0.25) is 0 Å². The molecule has 0 fully saturated rings. The molecule has 4 nitrogen and oxygen atoms in total. The van der Waals surface area contributed by atoms with E-state index in [2.05, 4.69) is 23.5 Å². The fourth-order valence-electron chi connectivity index (χ4n) is 2.16. The van der Waals surface area contributed by atoms with Crippen LogP contribution in [0.25, 0.3) is 0 Å². The summed E-state index contributed by atoms with van der Waals surface area (Å²) >= 11 is 1.70. The topological polar surface area (TPSA) is 70.6 Å². The maximum Gasteiger partial charge on any atom is 0.170 e. The Hall–Kier alpha value is -1.92. The molecule has 0 amide bonds. The van der Waals surface area contributed by atoms with Crippen molar-refractivity contribution in [1.29, 1.82) is 0 Å². The zero-order valence-corrected chi connectivity index (χ0v) is 12.5. The minimum absolute atomic E-state index is 0.0875. The maximum atomic E-state index is 13.3. The van der Waals surface area contributed by atoms with Crippen LogP contribution in [0.2, 0.25) is 0 Å². The van der Waals surface area contributed by atoms with Crippen LogP contribution in [-0.4, -0.2) is 11.0 Å². The number of hydrogen-bond acceptors (Lipinski definition) is 4. The van der Waals surface area contributed by atoms with Crippen LogP contribution in [0.4, 0.5) is 4.39 Å². The number of thiophene rings is 1. The summed E-state index contributed by atoms with van der Waals surface area (Å²) in [5, 5.41) is 17.2. The van der Waals surface area contributed by atoms with Crippen LogP contribution >= 0.6 is 11.3 Å². The van der Waals surface area contributed by atoms with Gasteiger partial charge in [-0.1, -0.05) is 24.2 Å². The fraction of sp³-hybridized carbons (Fsp3) is 0.267. The summed E-state index contributed by atoms with van der Waals surface area (Å²) in [4.78, 5) is 1.25. The second-order valence-electron chi connectivity index (χ2n) is 4.64. The summed E-state index contributed by atoms with van der Waals surface area (Å²) in [6, 6.07) is 8.63. The third kappa shape index (κ3) is 3.80. The normalized spacial score (nSPS) is 13.3. The predicted molar refractivity (Wildman–Crippen MR) is 83.1 cm³/mol. The van der Waals surface area contributed by atoms with Crippen molar-refractivity contribution in [2.45, 2.75) is 25.9 Å². The van der Waals surface area contributed by atoms with Gasteiger partial charge in [0.1, 0.15) is 5.82 Å². The standard InChI is InChI=1S/C15H18FN3OS/c1-2-13(14-4-3-7-21-14)18-9-10-5-6-11(16)8-12(10)15(17)19-20/h3-8,13,18,20H,2,9H2,1H3,(H2,17,19). The Kier molecular flexibility index (Phi) is 5.30. The number of nitrogens with one attached hydrogen (secondary N) is 1. The monoisotopic (exact) mass is 307 g/mol. The van der Waals surface area contributed by atoms with Gasteiger partial charge in [-0.2, -0.15) is 0 Å². The second-order valence-corrected chi connectivity index (χ2v) is 5.62. The molecular formula is C15H18FN3OS. The van der Waals surface area contributed by atoms with Gasteiger partial charge in [0.25, 0.3) is 0 Å². The van der Waals surface area contributed by atoms with Crippen LogP contribution in [0.3, 0.4) is 0 Å². The third-order valence-corrected chi connectivity index (χ3v) is 4.28. The number of nitrogens with zero attached hydrogens (tertiary/aromatic N) is 1. The Morgan fingerprint density at radius 3 is 2.90 bits per heavy atom. The Morgan fingerprint density at radius 1 is 1.48 bits per heavy atom. The maximum absolute atomic E-state index is 13.3. The van der Waals surface area contributed by atoms with Gasteiger partial charge in [-0.25, -0.2) is 4.39 Å². The fourth-order valence-corrected chi connectivity index (χ4v) is 3.05. The highest BCUT2D eigenvalue weighted by atomic mass is 32.1. The smallest absolute Gasteiger partial charge is 0.170 e. The Balaban J connectivity index is 2.16. The van der Waals surface area contributed by atoms with E-state index in [0.29, 0.717) is 12.1 Å². The van der Waals surface area contributed by atoms with Crippen LogP contribution in [0.1, 0.15) is 35.4 Å². The molecule has 0 aliphatic carbocycles. The molecule has 6 heteroatoms. The van der Waals surface area contributed by atoms with E-state index in [4.69, 9.17) is 10.9 Å². The molecule has 0 bridgehead atoms. The first-order chi connectivity index (χ1) is 10.2. The van der Waals surface area contributed by atoms with E-state index in [1.807, 2.05) is 11.4 Å². The Morgan fingerprint density at radius 2 is 2.29 bits per heavy atom. The van der Waals surface area contributed by atoms with E-state index in [1.165, 1.54) is 17.0 Å². The largest absolute Gasteiger partial charge is 0.409 e. The molecule has 1 unspecified atom stereocenters. The molecule has 1 atom stereocenters. The number of amidine groups is 1. The molecule has 2 aromatic rings. The lowest BCUT2D eigenvalue weighted by molar-refractivity contribution is 0.318. The Labute approximate surface area is 127 Å². The van der Waals surface area contributed by atoms with E-state index >= 15 is 0 Å². The van der Waals surface area contributed by atoms with Gasteiger partial charge in [0, 0.05) is 23.0 Å². The summed E-state index contributed by atoms with van der Waals surface area (Å²) in [5.74, 6) is -0.499. The summed E-state index contributed by atoms with van der Waals surface area (Å²) < 4.78 is 13.3. The lowest BCUT2D eigenvalue weighted by Gasteiger charge is -2.17. The van der Waals surface area contributed by atoms with Crippen molar-refractivity contribution in [2.75, 3.05) is 0 Å². The first-order valence-corrected chi connectivity index (χ1v) is 7.56. The van der Waals surface area contributed by atoms with E-state index < -0.39 is 5.82 Å². The molecule has 1 heterocycles. The average Bonchev–Trinajstić information content (AvgIpc) is 3.02. The van der Waals surface area contributed by atoms with E-state index in [9.17, 15) is 4.39 Å². The molecule has 0 saturated heterocycles. The first kappa shape index (κ1) is 15.5. The lowest BCUT2D eigenvalue weighted by Crippen LogP contribution is -2.23. The molecule has 0 radical (unpaired) electrons. The molecule has 0 aliphatic rings. The van der Waals surface area contributed by atoms with Crippen molar-refractivity contribution in [2.24, 2.45) is 10.9 Å². The number of benzene rings is 1. The number of oxime groups is 1. The predicted octanol–water partition coefficient (Wildman–Crippen LogP) is 3.22. The third-order valence-electron chi connectivity index (χ3n) is 3.29. The molecule has 1 aromatic heterocycles. The minimum Gasteiger partial charge on any atom is -0.409 e. The van der Waals surface area contributed by atoms with Crippen molar-refractivity contribution < 1.29 is 9.60 Å². The first-order valence-electron chi connectivity index (χ1n) is 6.68. The van der Waals surface area contributed by atoms with Crippen LogP contribution in [0.15, 0.2) is 40.9 Å². The molecule has 0 spiro atoms. The molecule has 4 N–H and O–H groups in total. The highest BCUT2D eigenvalue weighted by molar-refractivity contribution is 7.10. The number of hydrogen-bond donors (Lipinski definition) is 3. The van der Waals surface area contributed by atoms with Crippen molar-refractivity contribution >= 4 is 17.2 Å². The van der Waals surface area contributed by atoms with Gasteiger partial charge in [-0.15, -0.1) is 11.3 Å². The lowest BCUT2D eigenvalue weighted by atomic mass is 10.1. The average molecular weight is 307 g/mol. The van der Waals surface area contributed by atoms with E-state index in [-0.39, 0.29) is 11.9 Å². The van der Waals surface area contributed by atoms with Crippen molar-refractivity contribution in [3.8, 4) is 0 Å². The van der Waals surface area contributed by atoms with Gasteiger partial charge in [-0.3, -0.25) is 0 Å². The SMILES string of the molecule is CCC(NCc1ccc(F)cc1C(N)=NO)c1cccs1. The minimum atomic E-state index is -0.411. The molecule has 21 heavy (non-hydrogen) atoms. The van der Waals surface area contributed by atoms with Gasteiger partial charge in [0.05, 0.1) is 0 Å². The number of nitrogens with two attached hydrogens (primary N) is 1. The zero-order chi connectivity index (χ0) is 15.2. The van der Waals surface area contributed by atoms with E-state index in [0.717, 1.165) is 12.0 Å². The summed E-state index contributed by atoms with van der Waals surface area (Å²) in [6.45, 7) is 2.62. The van der Waals surface area contributed by atoms with Crippen molar-refractivity contribution in [3.05, 3.63) is 57.5 Å². The summed E-state index contributed by atoms with van der Waals surface area (Å²) in [7, 11) is 0. The van der Waals surface area contributed by atoms with Crippen LogP contribution in [0, 0.1) is 5.82 Å². The molecule has 1 aromatic carbocycles. The molecule has 2 rings (SSSR count). The second kappa shape index (κ2) is 7.19. The van der Waals surface area contributed by atoms with E-state index in [1.54, 1.807) is 17.4 Å². The number of halogens is 1. The highest BCUT2D eigenvalue weighted by Crippen LogP contribution is 2.22. The highest BCUT2D eigenvalue weighted by Gasteiger charge is 2.13. The molecule has 112 valence electrons. The van der Waals surface area contributed by atoms with Gasteiger partial charge in [0.15, 0.2) is 5.84 Å². The van der Waals surface area contributed by atoms with Gasteiger partial charge >= 0.3 is 0 Å². The van der Waals surface area contributed by atoms with Gasteiger partial charge < -0.3 is 16.3 Å². The van der Waals surface area contributed by atoms with Crippen LogP contribution in [0.5, 0.6) is 0 Å². The summed E-state index contributed by atoms with van der Waals surface area (Å²) in [5.41, 5.74) is 6.81. The molecule has 0 aliphatic heterocycles. The molecular weight excluding hydrogens is 289 g/mol. The van der Waals surface area contributed by atoms with Crippen LogP contribution < -0.4 is 11.1 Å². The zero-order valence-electron chi connectivity index (χ0n) is 11.7. The van der Waals surface area contributed by atoms with Crippen molar-refractivity contribution in [3.63, 3.8) is 0 Å². The quantitative estimate of drug-likeness (QED) is 0.332. The molecule has 0 saturated carbocycles. The van der Waals surface area contributed by atoms with Crippen LogP contribution in [-0.2, 0) is 6.54 Å². The Bertz CT molecular complexity index is 613. The number of rotatable bonds is 6. The van der Waals surface area contributed by atoms with Gasteiger partial charge in [-0.05, 0) is 35.6 Å². The summed E-state index contributed by atoms with van der Waals surface area (Å²) in [6.07, 6.45) is 0.945.